The molecule has 2 rings (SSSR count). The van der Waals surface area contributed by atoms with E-state index in [4.69, 9.17) is 0 Å². The van der Waals surface area contributed by atoms with Crippen LogP contribution in [0, 0.1) is 5.82 Å². The van der Waals surface area contributed by atoms with E-state index in [0.717, 1.165) is 24.8 Å². The molecule has 0 radical (unpaired) electrons. The Hall–Kier alpha value is -1.18. The van der Waals surface area contributed by atoms with Crippen LogP contribution in [0.3, 0.4) is 0 Å². The van der Waals surface area contributed by atoms with E-state index in [0.29, 0.717) is 12.2 Å². The first-order valence-corrected chi connectivity index (χ1v) is 5.05. The SMILES string of the molecule is O=C1CCCC[C@H]1c1ccc(F)cc1. The van der Waals surface area contributed by atoms with E-state index in [1.807, 2.05) is 0 Å². The Labute approximate surface area is 82.9 Å². The summed E-state index contributed by atoms with van der Waals surface area (Å²) in [7, 11) is 0. The zero-order valence-corrected chi connectivity index (χ0v) is 8.00. The van der Waals surface area contributed by atoms with Crippen LogP contribution < -0.4 is 0 Å². The van der Waals surface area contributed by atoms with Gasteiger partial charge >= 0.3 is 0 Å². The van der Waals surface area contributed by atoms with E-state index in [9.17, 15) is 9.18 Å². The summed E-state index contributed by atoms with van der Waals surface area (Å²) in [4.78, 5) is 11.6. The highest BCUT2D eigenvalue weighted by Gasteiger charge is 2.23. The van der Waals surface area contributed by atoms with Crippen molar-refractivity contribution in [3.8, 4) is 0 Å². The third-order valence-corrected chi connectivity index (χ3v) is 2.83. The summed E-state index contributed by atoms with van der Waals surface area (Å²) in [6, 6.07) is 6.31. The molecule has 0 aliphatic heterocycles. The summed E-state index contributed by atoms with van der Waals surface area (Å²) in [5.74, 6) is 0.0872. The van der Waals surface area contributed by atoms with Gasteiger partial charge in [-0.3, -0.25) is 4.79 Å². The number of rotatable bonds is 1. The molecule has 1 nitrogen and oxygen atoms in total. The fourth-order valence-corrected chi connectivity index (χ4v) is 2.03. The quantitative estimate of drug-likeness (QED) is 0.668. The summed E-state index contributed by atoms with van der Waals surface area (Å²) in [5, 5.41) is 0. The molecule has 0 saturated heterocycles. The maximum Gasteiger partial charge on any atom is 0.140 e. The maximum absolute atomic E-state index is 12.7. The fourth-order valence-electron chi connectivity index (χ4n) is 2.03. The zero-order chi connectivity index (χ0) is 9.97. The Bertz CT molecular complexity index is 329. The highest BCUT2D eigenvalue weighted by atomic mass is 19.1. The van der Waals surface area contributed by atoms with E-state index < -0.39 is 0 Å². The lowest BCUT2D eigenvalue weighted by Crippen LogP contribution is -2.16. The highest BCUT2D eigenvalue weighted by molar-refractivity contribution is 5.86. The number of hydrogen-bond acceptors (Lipinski definition) is 1. The van der Waals surface area contributed by atoms with Crippen molar-refractivity contribution in [2.24, 2.45) is 0 Å². The second-order valence-corrected chi connectivity index (χ2v) is 3.82. The van der Waals surface area contributed by atoms with E-state index in [-0.39, 0.29) is 11.7 Å². The van der Waals surface area contributed by atoms with Gasteiger partial charge in [0.1, 0.15) is 11.6 Å². The van der Waals surface area contributed by atoms with Gasteiger partial charge in [-0.15, -0.1) is 0 Å². The van der Waals surface area contributed by atoms with Crippen molar-refractivity contribution in [2.45, 2.75) is 31.6 Å². The monoisotopic (exact) mass is 192 g/mol. The summed E-state index contributed by atoms with van der Waals surface area (Å²) in [5.41, 5.74) is 0.969. The van der Waals surface area contributed by atoms with Crippen LogP contribution in [0.2, 0.25) is 0 Å². The number of carbonyl (C=O) groups is 1. The maximum atomic E-state index is 12.7. The lowest BCUT2D eigenvalue weighted by atomic mass is 9.83. The zero-order valence-electron chi connectivity index (χ0n) is 8.00. The van der Waals surface area contributed by atoms with Crippen molar-refractivity contribution in [2.75, 3.05) is 0 Å². The second-order valence-electron chi connectivity index (χ2n) is 3.82. The average Bonchev–Trinajstić information content (AvgIpc) is 2.20. The van der Waals surface area contributed by atoms with Gasteiger partial charge in [-0.2, -0.15) is 0 Å². The molecule has 1 aliphatic rings. The Kier molecular flexibility index (Phi) is 2.62. The van der Waals surface area contributed by atoms with E-state index in [2.05, 4.69) is 0 Å². The normalized spacial score (nSPS) is 22.4. The first-order valence-electron chi connectivity index (χ1n) is 5.05. The Morgan fingerprint density at radius 1 is 1.14 bits per heavy atom. The molecule has 0 N–H and O–H groups in total. The fraction of sp³-hybridized carbons (Fsp3) is 0.417. The largest absolute Gasteiger partial charge is 0.299 e. The molecule has 1 aromatic rings. The molecule has 74 valence electrons. The highest BCUT2D eigenvalue weighted by Crippen LogP contribution is 2.29. The summed E-state index contributed by atoms with van der Waals surface area (Å²) < 4.78 is 12.7. The van der Waals surface area contributed by atoms with Crippen molar-refractivity contribution >= 4 is 5.78 Å². The summed E-state index contributed by atoms with van der Waals surface area (Å²) in [6.07, 6.45) is 3.72. The second kappa shape index (κ2) is 3.91. The van der Waals surface area contributed by atoms with Crippen LogP contribution in [0.5, 0.6) is 0 Å². The van der Waals surface area contributed by atoms with Gasteiger partial charge < -0.3 is 0 Å². The number of ketones is 1. The lowest BCUT2D eigenvalue weighted by molar-refractivity contribution is -0.121. The van der Waals surface area contributed by atoms with E-state index >= 15 is 0 Å². The molecule has 0 spiro atoms. The predicted molar refractivity (Wildman–Crippen MR) is 52.6 cm³/mol. The molecule has 2 heteroatoms. The van der Waals surface area contributed by atoms with Crippen LogP contribution in [0.1, 0.15) is 37.2 Å². The van der Waals surface area contributed by atoms with Crippen molar-refractivity contribution in [1.29, 1.82) is 0 Å². The molecule has 0 amide bonds. The van der Waals surface area contributed by atoms with Gasteiger partial charge in [-0.05, 0) is 30.5 Å². The van der Waals surface area contributed by atoms with Gasteiger partial charge in [0.15, 0.2) is 0 Å². The van der Waals surface area contributed by atoms with Crippen LogP contribution in [0.4, 0.5) is 4.39 Å². The van der Waals surface area contributed by atoms with Crippen molar-refractivity contribution in [3.63, 3.8) is 0 Å². The summed E-state index contributed by atoms with van der Waals surface area (Å²) in [6.45, 7) is 0. The molecule has 1 aromatic carbocycles. The summed E-state index contributed by atoms with van der Waals surface area (Å²) >= 11 is 0. The van der Waals surface area contributed by atoms with Gasteiger partial charge in [0.05, 0.1) is 0 Å². The van der Waals surface area contributed by atoms with E-state index in [1.165, 1.54) is 12.1 Å². The van der Waals surface area contributed by atoms with Crippen LogP contribution in [-0.2, 0) is 4.79 Å². The van der Waals surface area contributed by atoms with Crippen LogP contribution >= 0.6 is 0 Å². The Morgan fingerprint density at radius 2 is 1.86 bits per heavy atom. The van der Waals surface area contributed by atoms with Gasteiger partial charge in [0.2, 0.25) is 0 Å². The minimum absolute atomic E-state index is 0.0179. The van der Waals surface area contributed by atoms with Crippen LogP contribution in [0.25, 0.3) is 0 Å². The van der Waals surface area contributed by atoms with Gasteiger partial charge in [-0.25, -0.2) is 4.39 Å². The number of Topliss-reactive ketones (excluding diaryl/α,β-unsaturated/α-hetero) is 1. The standard InChI is InChI=1S/C12H13FO/c13-10-7-5-9(6-8-10)11-3-1-2-4-12(11)14/h5-8,11H,1-4H2/t11-/m0/s1. The molecule has 0 unspecified atom stereocenters. The minimum Gasteiger partial charge on any atom is -0.299 e. The molecular formula is C12H13FO. The Morgan fingerprint density at radius 3 is 2.50 bits per heavy atom. The van der Waals surface area contributed by atoms with E-state index in [1.54, 1.807) is 12.1 Å². The molecular weight excluding hydrogens is 179 g/mol. The molecule has 14 heavy (non-hydrogen) atoms. The third-order valence-electron chi connectivity index (χ3n) is 2.83. The molecule has 0 bridgehead atoms. The predicted octanol–water partition coefficient (Wildman–Crippen LogP) is 3.05. The third kappa shape index (κ3) is 1.84. The Balaban J connectivity index is 2.20. The first kappa shape index (κ1) is 9.38. The van der Waals surface area contributed by atoms with Crippen molar-refractivity contribution in [1.82, 2.24) is 0 Å². The number of carbonyl (C=O) groups excluding carboxylic acids is 1. The smallest absolute Gasteiger partial charge is 0.140 e. The van der Waals surface area contributed by atoms with Gasteiger partial charge in [0, 0.05) is 12.3 Å². The lowest BCUT2D eigenvalue weighted by Gasteiger charge is -2.20. The van der Waals surface area contributed by atoms with Crippen molar-refractivity contribution < 1.29 is 9.18 Å². The number of halogens is 1. The number of benzene rings is 1. The van der Waals surface area contributed by atoms with Gasteiger partial charge in [0.25, 0.3) is 0 Å². The van der Waals surface area contributed by atoms with Crippen molar-refractivity contribution in [3.05, 3.63) is 35.6 Å². The molecule has 1 aliphatic carbocycles. The van der Waals surface area contributed by atoms with Gasteiger partial charge in [-0.1, -0.05) is 18.6 Å². The molecule has 1 atom stereocenters. The number of hydrogen-bond donors (Lipinski definition) is 0. The average molecular weight is 192 g/mol. The van der Waals surface area contributed by atoms with Crippen LogP contribution in [0.15, 0.2) is 24.3 Å². The molecule has 1 saturated carbocycles. The molecule has 1 fully saturated rings. The topological polar surface area (TPSA) is 17.1 Å². The molecule has 0 aromatic heterocycles. The van der Waals surface area contributed by atoms with Crippen LogP contribution in [-0.4, -0.2) is 5.78 Å². The first-order chi connectivity index (χ1) is 6.77. The molecule has 0 heterocycles. The minimum atomic E-state index is -0.239.